The number of pyridine rings is 1. The van der Waals surface area contributed by atoms with Crippen molar-refractivity contribution in [1.29, 1.82) is 0 Å². The SMILES string of the molecule is COc1ccc(F)c(-c2ccc(C3CCc4ccc(CCC(=O)O)cc4O3)cn2)c1. The first-order valence-corrected chi connectivity index (χ1v) is 9.83. The van der Waals surface area contributed by atoms with Crippen molar-refractivity contribution >= 4 is 5.97 Å². The fourth-order valence-corrected chi connectivity index (χ4v) is 3.64. The number of carboxylic acid groups (broad SMARTS) is 1. The van der Waals surface area contributed by atoms with E-state index in [0.29, 0.717) is 23.4 Å². The average molecular weight is 407 g/mol. The van der Waals surface area contributed by atoms with Crippen molar-refractivity contribution in [2.45, 2.75) is 31.8 Å². The number of rotatable bonds is 6. The van der Waals surface area contributed by atoms with Crippen LogP contribution < -0.4 is 9.47 Å². The molecule has 4 rings (SSSR count). The summed E-state index contributed by atoms with van der Waals surface area (Å²) in [5.74, 6) is 0.193. The summed E-state index contributed by atoms with van der Waals surface area (Å²) < 4.78 is 25.6. The van der Waals surface area contributed by atoms with Gasteiger partial charge in [-0.1, -0.05) is 18.2 Å². The maximum atomic E-state index is 14.2. The van der Waals surface area contributed by atoms with Gasteiger partial charge in [0.15, 0.2) is 0 Å². The summed E-state index contributed by atoms with van der Waals surface area (Å²) in [4.78, 5) is 15.3. The van der Waals surface area contributed by atoms with Gasteiger partial charge in [0, 0.05) is 23.7 Å². The van der Waals surface area contributed by atoms with E-state index < -0.39 is 5.97 Å². The molecule has 6 heteroatoms. The number of aromatic nitrogens is 1. The van der Waals surface area contributed by atoms with Crippen LogP contribution in [0.4, 0.5) is 4.39 Å². The van der Waals surface area contributed by atoms with Crippen LogP contribution >= 0.6 is 0 Å². The molecule has 2 heterocycles. The largest absolute Gasteiger partial charge is 0.497 e. The molecule has 1 N–H and O–H groups in total. The number of benzene rings is 2. The molecule has 5 nitrogen and oxygen atoms in total. The molecule has 0 spiro atoms. The van der Waals surface area contributed by atoms with Gasteiger partial charge in [-0.3, -0.25) is 9.78 Å². The Morgan fingerprint density at radius 3 is 2.83 bits per heavy atom. The van der Waals surface area contributed by atoms with Gasteiger partial charge < -0.3 is 14.6 Å². The van der Waals surface area contributed by atoms with Crippen LogP contribution in [-0.2, 0) is 17.6 Å². The number of fused-ring (bicyclic) bond motifs is 1. The highest BCUT2D eigenvalue weighted by Crippen LogP contribution is 2.36. The molecule has 1 unspecified atom stereocenters. The van der Waals surface area contributed by atoms with Crippen molar-refractivity contribution in [3.8, 4) is 22.8 Å². The van der Waals surface area contributed by atoms with Gasteiger partial charge in [-0.15, -0.1) is 0 Å². The van der Waals surface area contributed by atoms with E-state index in [1.165, 1.54) is 6.07 Å². The van der Waals surface area contributed by atoms with E-state index in [2.05, 4.69) is 4.98 Å². The molecular formula is C24H22FNO4. The standard InChI is InChI=1S/C24H22FNO4/c1-29-18-7-8-20(25)19(13-18)21-9-5-17(14-26-21)22-10-6-16-4-2-15(3-11-24(27)28)12-23(16)30-22/h2,4-5,7-9,12-14,22H,3,6,10-11H2,1H3,(H,27,28). The Morgan fingerprint density at radius 2 is 2.10 bits per heavy atom. The normalized spacial score (nSPS) is 15.2. The van der Waals surface area contributed by atoms with Gasteiger partial charge >= 0.3 is 5.97 Å². The van der Waals surface area contributed by atoms with Crippen LogP contribution in [0.25, 0.3) is 11.3 Å². The summed E-state index contributed by atoms with van der Waals surface area (Å²) in [5.41, 5.74) is 3.90. The second-order valence-corrected chi connectivity index (χ2v) is 7.30. The van der Waals surface area contributed by atoms with Gasteiger partial charge in [-0.2, -0.15) is 0 Å². The number of hydrogen-bond acceptors (Lipinski definition) is 4. The minimum Gasteiger partial charge on any atom is -0.497 e. The zero-order chi connectivity index (χ0) is 21.1. The predicted octanol–water partition coefficient (Wildman–Crippen LogP) is 4.98. The lowest BCUT2D eigenvalue weighted by Gasteiger charge is -2.27. The molecule has 1 aliphatic rings. The zero-order valence-corrected chi connectivity index (χ0v) is 16.6. The minimum absolute atomic E-state index is 0.0917. The molecule has 0 fully saturated rings. The topological polar surface area (TPSA) is 68.7 Å². The second kappa shape index (κ2) is 8.53. The Hall–Kier alpha value is -3.41. The number of aryl methyl sites for hydroxylation is 2. The Morgan fingerprint density at radius 1 is 1.23 bits per heavy atom. The van der Waals surface area contributed by atoms with E-state index in [-0.39, 0.29) is 18.3 Å². The molecular weight excluding hydrogens is 385 g/mol. The summed E-state index contributed by atoms with van der Waals surface area (Å²) in [6, 6.07) is 14.2. The number of carboxylic acids is 1. The minimum atomic E-state index is -0.815. The van der Waals surface area contributed by atoms with E-state index in [1.807, 2.05) is 24.3 Å². The molecule has 0 bridgehead atoms. The molecule has 0 aliphatic carbocycles. The van der Waals surface area contributed by atoms with Gasteiger partial charge in [0.05, 0.1) is 12.8 Å². The van der Waals surface area contributed by atoms with E-state index in [0.717, 1.165) is 35.3 Å². The average Bonchev–Trinajstić information content (AvgIpc) is 2.77. The third-order valence-electron chi connectivity index (χ3n) is 5.31. The zero-order valence-electron chi connectivity index (χ0n) is 16.6. The number of halogens is 1. The predicted molar refractivity (Wildman–Crippen MR) is 110 cm³/mol. The molecule has 1 atom stereocenters. The number of methoxy groups -OCH3 is 1. The fourth-order valence-electron chi connectivity index (χ4n) is 3.64. The lowest BCUT2D eigenvalue weighted by Crippen LogP contribution is -2.15. The number of nitrogens with zero attached hydrogens (tertiary/aromatic N) is 1. The van der Waals surface area contributed by atoms with E-state index >= 15 is 0 Å². The number of carbonyl (C=O) groups is 1. The summed E-state index contributed by atoms with van der Waals surface area (Å²) >= 11 is 0. The molecule has 0 saturated carbocycles. The van der Waals surface area contributed by atoms with Crippen molar-refractivity contribution < 1.29 is 23.8 Å². The third-order valence-corrected chi connectivity index (χ3v) is 5.31. The van der Waals surface area contributed by atoms with Crippen molar-refractivity contribution in [2.24, 2.45) is 0 Å². The van der Waals surface area contributed by atoms with Gasteiger partial charge in [-0.05, 0) is 60.7 Å². The smallest absolute Gasteiger partial charge is 0.303 e. The van der Waals surface area contributed by atoms with Crippen LogP contribution in [-0.4, -0.2) is 23.2 Å². The lowest BCUT2D eigenvalue weighted by molar-refractivity contribution is -0.136. The van der Waals surface area contributed by atoms with Crippen LogP contribution in [0.1, 0.15) is 35.6 Å². The quantitative estimate of drug-likeness (QED) is 0.624. The van der Waals surface area contributed by atoms with Gasteiger partial charge in [0.2, 0.25) is 0 Å². The maximum Gasteiger partial charge on any atom is 0.303 e. The first kappa shape index (κ1) is 19.9. The van der Waals surface area contributed by atoms with Crippen molar-refractivity contribution in [1.82, 2.24) is 4.98 Å². The van der Waals surface area contributed by atoms with E-state index in [9.17, 15) is 9.18 Å². The Kier molecular flexibility index (Phi) is 5.65. The third kappa shape index (κ3) is 4.27. The highest BCUT2D eigenvalue weighted by atomic mass is 19.1. The highest BCUT2D eigenvalue weighted by molar-refractivity contribution is 5.67. The fraction of sp³-hybridized carbons (Fsp3) is 0.250. The molecule has 154 valence electrons. The Balaban J connectivity index is 1.52. The van der Waals surface area contributed by atoms with Gasteiger partial charge in [0.1, 0.15) is 23.4 Å². The van der Waals surface area contributed by atoms with Crippen molar-refractivity contribution in [3.05, 3.63) is 77.2 Å². The molecule has 30 heavy (non-hydrogen) atoms. The molecule has 0 amide bonds. The first-order chi connectivity index (χ1) is 14.5. The highest BCUT2D eigenvalue weighted by Gasteiger charge is 2.22. The Bertz CT molecular complexity index is 1070. The summed E-state index contributed by atoms with van der Waals surface area (Å²) in [7, 11) is 1.54. The number of hydrogen-bond donors (Lipinski definition) is 1. The van der Waals surface area contributed by atoms with Crippen LogP contribution in [0.15, 0.2) is 54.7 Å². The van der Waals surface area contributed by atoms with Crippen molar-refractivity contribution in [2.75, 3.05) is 7.11 Å². The molecule has 0 radical (unpaired) electrons. The lowest BCUT2D eigenvalue weighted by atomic mass is 9.96. The van der Waals surface area contributed by atoms with Crippen LogP contribution in [0.3, 0.4) is 0 Å². The first-order valence-electron chi connectivity index (χ1n) is 9.83. The summed E-state index contributed by atoms with van der Waals surface area (Å²) in [6.45, 7) is 0. The number of aliphatic carboxylic acids is 1. The molecule has 3 aromatic rings. The van der Waals surface area contributed by atoms with E-state index in [1.54, 1.807) is 31.5 Å². The van der Waals surface area contributed by atoms with Crippen LogP contribution in [0.5, 0.6) is 11.5 Å². The van der Waals surface area contributed by atoms with Crippen LogP contribution in [0, 0.1) is 5.82 Å². The Labute approximate surface area is 174 Å². The van der Waals surface area contributed by atoms with Gasteiger partial charge in [-0.25, -0.2) is 4.39 Å². The monoisotopic (exact) mass is 407 g/mol. The molecule has 2 aromatic carbocycles. The van der Waals surface area contributed by atoms with Crippen molar-refractivity contribution in [3.63, 3.8) is 0 Å². The molecule has 1 aliphatic heterocycles. The summed E-state index contributed by atoms with van der Waals surface area (Å²) in [6.07, 6.45) is 3.82. The number of ether oxygens (including phenoxy) is 2. The van der Waals surface area contributed by atoms with Gasteiger partial charge in [0.25, 0.3) is 0 Å². The van der Waals surface area contributed by atoms with E-state index in [4.69, 9.17) is 14.6 Å². The maximum absolute atomic E-state index is 14.2. The summed E-state index contributed by atoms with van der Waals surface area (Å²) in [5, 5.41) is 8.89. The molecule has 1 aromatic heterocycles. The van der Waals surface area contributed by atoms with Crippen LogP contribution in [0.2, 0.25) is 0 Å². The molecule has 0 saturated heterocycles. The second-order valence-electron chi connectivity index (χ2n) is 7.30.